The summed E-state index contributed by atoms with van der Waals surface area (Å²) in [7, 11) is 0. The number of halogens is 1. The Morgan fingerprint density at radius 1 is 1.36 bits per heavy atom. The molecule has 1 aromatic rings. The summed E-state index contributed by atoms with van der Waals surface area (Å²) in [5.41, 5.74) is 0.653. The van der Waals surface area contributed by atoms with Gasteiger partial charge in [0.05, 0.1) is 0 Å². The number of hydrogen-bond donors (Lipinski definition) is 1. The van der Waals surface area contributed by atoms with Crippen LogP contribution in [0, 0.1) is 3.57 Å². The SMILES string of the molecule is NI1OC(=O)c2ccccc21. The number of nitrogens with two attached hydrogens (primary N) is 1. The molecule has 0 spiro atoms. The summed E-state index contributed by atoms with van der Waals surface area (Å²) >= 11 is -2.02. The summed E-state index contributed by atoms with van der Waals surface area (Å²) in [6.45, 7) is 0. The molecule has 1 aliphatic rings. The van der Waals surface area contributed by atoms with Crippen molar-refractivity contribution in [3.8, 4) is 0 Å². The van der Waals surface area contributed by atoms with Crippen molar-refractivity contribution in [2.24, 2.45) is 3.95 Å². The number of carbonyl (C=O) groups excluding carboxylic acids is 1. The monoisotopic (exact) mass is 263 g/mol. The summed E-state index contributed by atoms with van der Waals surface area (Å²) in [5.74, 6) is -0.256. The van der Waals surface area contributed by atoms with Crippen LogP contribution < -0.4 is 3.95 Å². The van der Waals surface area contributed by atoms with E-state index in [-0.39, 0.29) is 5.97 Å². The summed E-state index contributed by atoms with van der Waals surface area (Å²) in [6, 6.07) is 7.31. The molecule has 0 saturated heterocycles. The second-order valence-corrected chi connectivity index (χ2v) is 5.29. The Bertz CT molecular complexity index is 313. The first-order chi connectivity index (χ1) is 5.29. The van der Waals surface area contributed by atoms with Crippen molar-refractivity contribution in [1.29, 1.82) is 0 Å². The zero-order chi connectivity index (χ0) is 7.84. The summed E-state index contributed by atoms with van der Waals surface area (Å²) < 4.78 is 11.5. The Labute approximate surface area is 71.8 Å². The fourth-order valence-corrected chi connectivity index (χ4v) is 3.39. The van der Waals surface area contributed by atoms with Crippen LogP contribution in [-0.4, -0.2) is 5.97 Å². The molecule has 0 bridgehead atoms. The van der Waals surface area contributed by atoms with Crippen molar-refractivity contribution in [1.82, 2.24) is 0 Å². The van der Waals surface area contributed by atoms with E-state index in [1.165, 1.54) is 0 Å². The molecule has 0 saturated carbocycles. The van der Waals surface area contributed by atoms with Gasteiger partial charge in [-0.05, 0) is 0 Å². The Morgan fingerprint density at radius 3 is 2.82 bits per heavy atom. The van der Waals surface area contributed by atoms with E-state index in [9.17, 15) is 4.79 Å². The Hall–Kier alpha value is -0.620. The van der Waals surface area contributed by atoms with Crippen LogP contribution in [0.25, 0.3) is 0 Å². The Kier molecular flexibility index (Phi) is 1.57. The minimum absolute atomic E-state index is 0.256. The first kappa shape index (κ1) is 7.05. The molecule has 1 heterocycles. The van der Waals surface area contributed by atoms with E-state index in [4.69, 9.17) is 7.01 Å². The molecule has 0 amide bonds. The maximum atomic E-state index is 11.0. The molecule has 2 N–H and O–H groups in total. The fourth-order valence-electron chi connectivity index (χ4n) is 0.948. The van der Waals surface area contributed by atoms with Crippen LogP contribution in [-0.2, 0) is 3.07 Å². The van der Waals surface area contributed by atoms with Crippen LogP contribution in [0.15, 0.2) is 24.3 Å². The zero-order valence-corrected chi connectivity index (χ0v) is 7.74. The van der Waals surface area contributed by atoms with Crippen LogP contribution in [0.2, 0.25) is 0 Å². The van der Waals surface area contributed by atoms with Crippen molar-refractivity contribution in [2.75, 3.05) is 0 Å². The van der Waals surface area contributed by atoms with Gasteiger partial charge >= 0.3 is 71.7 Å². The van der Waals surface area contributed by atoms with Gasteiger partial charge in [0.25, 0.3) is 0 Å². The van der Waals surface area contributed by atoms with Crippen molar-refractivity contribution >= 4 is 26.5 Å². The van der Waals surface area contributed by atoms with Crippen LogP contribution in [0.5, 0.6) is 0 Å². The van der Waals surface area contributed by atoms with Gasteiger partial charge in [-0.15, -0.1) is 0 Å². The summed E-state index contributed by atoms with van der Waals surface area (Å²) in [5, 5.41) is 0. The van der Waals surface area contributed by atoms with E-state index in [1.54, 1.807) is 6.07 Å². The second-order valence-electron chi connectivity index (χ2n) is 2.12. The normalized spacial score (nSPS) is 17.9. The van der Waals surface area contributed by atoms with Crippen molar-refractivity contribution in [3.05, 3.63) is 33.4 Å². The molecule has 0 aromatic heterocycles. The molecule has 1 aliphatic heterocycles. The third kappa shape index (κ3) is 1.02. The van der Waals surface area contributed by atoms with Crippen LogP contribution >= 0.6 is 20.5 Å². The summed E-state index contributed by atoms with van der Waals surface area (Å²) in [4.78, 5) is 11.0. The van der Waals surface area contributed by atoms with Gasteiger partial charge in [-0.1, -0.05) is 0 Å². The molecule has 0 unspecified atom stereocenters. The van der Waals surface area contributed by atoms with Gasteiger partial charge in [0.15, 0.2) is 0 Å². The molecule has 0 fully saturated rings. The molecule has 3 nitrogen and oxygen atoms in total. The van der Waals surface area contributed by atoms with E-state index < -0.39 is 20.5 Å². The molecule has 1 aromatic carbocycles. The Morgan fingerprint density at radius 2 is 2.09 bits per heavy atom. The third-order valence-electron chi connectivity index (χ3n) is 1.45. The average molecular weight is 263 g/mol. The van der Waals surface area contributed by atoms with E-state index in [1.807, 2.05) is 18.2 Å². The van der Waals surface area contributed by atoms with Crippen molar-refractivity contribution in [2.45, 2.75) is 0 Å². The topological polar surface area (TPSA) is 52.3 Å². The standard InChI is InChI=1S/C7H6INO2/c9-8-6-4-2-1-3-5(6)7(10)11-8/h1-4H,9H2. The number of hydrogen-bond acceptors (Lipinski definition) is 3. The predicted molar refractivity (Wildman–Crippen MR) is 48.8 cm³/mol. The number of rotatable bonds is 0. The average Bonchev–Trinajstić information content (AvgIpc) is 2.30. The first-order valence-electron chi connectivity index (χ1n) is 3.05. The molecular formula is C7H6INO2. The quantitative estimate of drug-likeness (QED) is 0.567. The van der Waals surface area contributed by atoms with Gasteiger partial charge in [-0.25, -0.2) is 0 Å². The molecule has 0 aliphatic carbocycles. The van der Waals surface area contributed by atoms with Crippen LogP contribution in [0.3, 0.4) is 0 Å². The zero-order valence-electron chi connectivity index (χ0n) is 5.58. The van der Waals surface area contributed by atoms with Gasteiger partial charge < -0.3 is 0 Å². The first-order valence-corrected chi connectivity index (χ1v) is 6.25. The molecule has 11 heavy (non-hydrogen) atoms. The predicted octanol–water partition coefficient (Wildman–Crippen LogP) is 1.32. The number of benzene rings is 1. The van der Waals surface area contributed by atoms with Gasteiger partial charge in [-0.2, -0.15) is 0 Å². The third-order valence-corrected chi connectivity index (χ3v) is 4.41. The number of carbonyl (C=O) groups is 1. The second kappa shape index (κ2) is 2.46. The van der Waals surface area contributed by atoms with Crippen molar-refractivity contribution in [3.63, 3.8) is 0 Å². The van der Waals surface area contributed by atoms with Gasteiger partial charge in [0.2, 0.25) is 0 Å². The van der Waals surface area contributed by atoms with E-state index in [0.717, 1.165) is 3.57 Å². The van der Waals surface area contributed by atoms with E-state index in [2.05, 4.69) is 0 Å². The fraction of sp³-hybridized carbons (Fsp3) is 0. The van der Waals surface area contributed by atoms with Crippen molar-refractivity contribution < 1.29 is 7.86 Å². The van der Waals surface area contributed by atoms with Gasteiger partial charge in [0.1, 0.15) is 0 Å². The molecule has 4 heteroatoms. The van der Waals surface area contributed by atoms with Gasteiger partial charge in [-0.3, -0.25) is 0 Å². The molecule has 0 radical (unpaired) electrons. The molecular weight excluding hydrogens is 257 g/mol. The Balaban J connectivity index is 2.60. The number of fused-ring (bicyclic) bond motifs is 1. The summed E-state index contributed by atoms with van der Waals surface area (Å²) in [6.07, 6.45) is 0. The van der Waals surface area contributed by atoms with Crippen LogP contribution in [0.1, 0.15) is 10.4 Å². The molecule has 2 rings (SSSR count). The van der Waals surface area contributed by atoms with Gasteiger partial charge in [0, 0.05) is 0 Å². The van der Waals surface area contributed by atoms with Crippen LogP contribution in [0.4, 0.5) is 0 Å². The maximum absolute atomic E-state index is 11.0. The van der Waals surface area contributed by atoms with E-state index in [0.29, 0.717) is 5.56 Å². The van der Waals surface area contributed by atoms with E-state index >= 15 is 0 Å². The minimum atomic E-state index is -2.02. The molecule has 0 atom stereocenters. The molecule has 58 valence electrons.